The summed E-state index contributed by atoms with van der Waals surface area (Å²) in [4.78, 5) is 22.8. The predicted molar refractivity (Wildman–Crippen MR) is 116 cm³/mol. The molecule has 0 unspecified atom stereocenters. The third-order valence-electron chi connectivity index (χ3n) is 4.25. The lowest BCUT2D eigenvalue weighted by Gasteiger charge is -2.16. The number of nitrogens with one attached hydrogen (secondary N) is 3. The summed E-state index contributed by atoms with van der Waals surface area (Å²) in [5.74, 6) is 1.71. The average Bonchev–Trinajstić information content (AvgIpc) is 2.70. The molecule has 1 aromatic carbocycles. The summed E-state index contributed by atoms with van der Waals surface area (Å²) in [7, 11) is 5.63. The number of methoxy groups -OCH3 is 1. The molecule has 0 aliphatic rings. The maximum absolute atomic E-state index is 11.9. The van der Waals surface area contributed by atoms with Gasteiger partial charge in [-0.2, -0.15) is 4.98 Å². The molecule has 2 amide bonds. The molecule has 2 aromatic heterocycles. The summed E-state index contributed by atoms with van der Waals surface area (Å²) < 4.78 is 5.20. The van der Waals surface area contributed by atoms with Crippen LogP contribution in [0, 0.1) is 0 Å². The van der Waals surface area contributed by atoms with Crippen LogP contribution in [0.1, 0.15) is 12.5 Å². The lowest BCUT2D eigenvalue weighted by atomic mass is 10.0. The summed E-state index contributed by atoms with van der Waals surface area (Å²) in [6, 6.07) is 11.3. The number of hydrogen-bond donors (Lipinski definition) is 3. The fourth-order valence-electron chi connectivity index (χ4n) is 3.01. The topological polar surface area (TPSA) is 91.4 Å². The number of benzene rings is 1. The number of fused-ring (bicyclic) bond motifs is 1. The number of nitrogens with zero attached hydrogens (tertiary/aromatic N) is 3. The van der Waals surface area contributed by atoms with E-state index < -0.39 is 0 Å². The van der Waals surface area contributed by atoms with E-state index in [1.807, 2.05) is 45.3 Å². The molecule has 152 valence electrons. The van der Waals surface area contributed by atoms with E-state index in [0.29, 0.717) is 24.1 Å². The smallest absolute Gasteiger partial charge is 0.320 e. The second-order valence-corrected chi connectivity index (χ2v) is 6.80. The highest BCUT2D eigenvalue weighted by molar-refractivity contribution is 5.99. The van der Waals surface area contributed by atoms with Crippen LogP contribution in [-0.2, 0) is 6.54 Å². The highest BCUT2D eigenvalue weighted by atomic mass is 16.5. The molecule has 3 N–H and O–H groups in total. The first-order valence-corrected chi connectivity index (χ1v) is 9.39. The van der Waals surface area contributed by atoms with Crippen molar-refractivity contribution in [2.45, 2.75) is 13.5 Å². The third-order valence-corrected chi connectivity index (χ3v) is 4.25. The normalized spacial score (nSPS) is 10.8. The maximum Gasteiger partial charge on any atom is 0.320 e. The van der Waals surface area contributed by atoms with Gasteiger partial charge in [-0.3, -0.25) is 5.32 Å². The molecule has 0 radical (unpaired) electrons. The number of aromatic nitrogens is 2. The molecule has 8 heteroatoms. The van der Waals surface area contributed by atoms with Crippen LogP contribution in [0.5, 0.6) is 5.88 Å². The molecule has 0 saturated carbocycles. The lowest BCUT2D eigenvalue weighted by Crippen LogP contribution is -2.28. The van der Waals surface area contributed by atoms with E-state index in [1.54, 1.807) is 19.4 Å². The quantitative estimate of drug-likeness (QED) is 0.567. The van der Waals surface area contributed by atoms with Crippen molar-refractivity contribution in [2.24, 2.45) is 0 Å². The third kappa shape index (κ3) is 5.11. The Kier molecular flexibility index (Phi) is 6.46. The number of hydrogen-bond acceptors (Lipinski definition) is 6. The Hall–Kier alpha value is -3.39. The average molecular weight is 394 g/mol. The summed E-state index contributed by atoms with van der Waals surface area (Å²) >= 11 is 0. The predicted octanol–water partition coefficient (Wildman–Crippen LogP) is 3.59. The summed E-state index contributed by atoms with van der Waals surface area (Å²) in [6.07, 6.45) is 1.76. The molecule has 3 rings (SSSR count). The van der Waals surface area contributed by atoms with Gasteiger partial charge in [0.25, 0.3) is 0 Å². The van der Waals surface area contributed by atoms with E-state index >= 15 is 0 Å². The standard InChI is InChI=1S/C21H26N6O2/c1-5-22-21(28)26-19-11-15-14(13-27(2)3)9-10-17(16(15)12-23-19)24-18-7-6-8-20(25-18)29-4/h6-12H,5,13H2,1-4H3,(H,24,25)(H2,22,23,26,28). The number of carbonyl (C=O) groups excluding carboxylic acids is 1. The number of pyridine rings is 2. The Morgan fingerprint density at radius 3 is 2.69 bits per heavy atom. The van der Waals surface area contributed by atoms with Gasteiger partial charge in [-0.25, -0.2) is 9.78 Å². The molecule has 0 spiro atoms. The van der Waals surface area contributed by atoms with E-state index in [2.05, 4.69) is 36.9 Å². The molecule has 29 heavy (non-hydrogen) atoms. The van der Waals surface area contributed by atoms with Gasteiger partial charge in [0.2, 0.25) is 5.88 Å². The van der Waals surface area contributed by atoms with Crippen LogP contribution in [-0.4, -0.2) is 48.6 Å². The van der Waals surface area contributed by atoms with E-state index in [9.17, 15) is 4.79 Å². The van der Waals surface area contributed by atoms with Gasteiger partial charge in [0.05, 0.1) is 7.11 Å². The Bertz CT molecular complexity index is 1010. The molecule has 3 aromatic rings. The molecule has 0 aliphatic carbocycles. The van der Waals surface area contributed by atoms with Gasteiger partial charge >= 0.3 is 6.03 Å². The minimum Gasteiger partial charge on any atom is -0.481 e. The van der Waals surface area contributed by atoms with Crippen molar-refractivity contribution in [2.75, 3.05) is 38.4 Å². The zero-order valence-electron chi connectivity index (χ0n) is 17.1. The van der Waals surface area contributed by atoms with Gasteiger partial charge in [-0.1, -0.05) is 12.1 Å². The van der Waals surface area contributed by atoms with Gasteiger partial charge < -0.3 is 20.3 Å². The SMILES string of the molecule is CCNC(=O)Nc1cc2c(CN(C)C)ccc(Nc3cccc(OC)n3)c2cn1. The zero-order chi connectivity index (χ0) is 20.8. The molecule has 0 aliphatic heterocycles. The van der Waals surface area contributed by atoms with Gasteiger partial charge in [-0.05, 0) is 50.2 Å². The van der Waals surface area contributed by atoms with Gasteiger partial charge in [-0.15, -0.1) is 0 Å². The second kappa shape index (κ2) is 9.20. The summed E-state index contributed by atoms with van der Waals surface area (Å²) in [6.45, 7) is 3.18. The van der Waals surface area contributed by atoms with E-state index in [-0.39, 0.29) is 6.03 Å². The minimum absolute atomic E-state index is 0.275. The van der Waals surface area contributed by atoms with Crippen molar-refractivity contribution in [3.8, 4) is 5.88 Å². The van der Waals surface area contributed by atoms with Crippen LogP contribution in [0.4, 0.5) is 22.1 Å². The number of anilines is 3. The minimum atomic E-state index is -0.275. The van der Waals surface area contributed by atoms with Crippen molar-refractivity contribution in [1.82, 2.24) is 20.2 Å². The van der Waals surface area contributed by atoms with Crippen LogP contribution < -0.4 is 20.7 Å². The van der Waals surface area contributed by atoms with Crippen LogP contribution in [0.25, 0.3) is 10.8 Å². The molecule has 0 bridgehead atoms. The number of rotatable bonds is 7. The van der Waals surface area contributed by atoms with E-state index in [4.69, 9.17) is 4.74 Å². The fourth-order valence-corrected chi connectivity index (χ4v) is 3.01. The van der Waals surface area contributed by atoms with Crippen molar-refractivity contribution in [3.05, 3.63) is 48.2 Å². The van der Waals surface area contributed by atoms with Crippen LogP contribution in [0.15, 0.2) is 42.6 Å². The zero-order valence-corrected chi connectivity index (χ0v) is 17.1. The number of urea groups is 1. The molecular formula is C21H26N6O2. The molecule has 2 heterocycles. The first-order chi connectivity index (χ1) is 14.0. The van der Waals surface area contributed by atoms with E-state index in [0.717, 1.165) is 28.6 Å². The van der Waals surface area contributed by atoms with Gasteiger partial charge in [0, 0.05) is 36.4 Å². The van der Waals surface area contributed by atoms with Gasteiger partial charge in [0.1, 0.15) is 11.6 Å². The van der Waals surface area contributed by atoms with Crippen LogP contribution in [0.3, 0.4) is 0 Å². The Morgan fingerprint density at radius 2 is 1.97 bits per heavy atom. The van der Waals surface area contributed by atoms with Crippen LogP contribution >= 0.6 is 0 Å². The summed E-state index contributed by atoms with van der Waals surface area (Å²) in [5.41, 5.74) is 2.01. The van der Waals surface area contributed by atoms with Crippen molar-refractivity contribution < 1.29 is 9.53 Å². The Balaban J connectivity index is 2.01. The monoisotopic (exact) mass is 394 g/mol. The number of ether oxygens (including phenoxy) is 1. The highest BCUT2D eigenvalue weighted by Crippen LogP contribution is 2.30. The molecule has 0 saturated heterocycles. The molecule has 0 fully saturated rings. The summed E-state index contributed by atoms with van der Waals surface area (Å²) in [5, 5.41) is 10.8. The van der Waals surface area contributed by atoms with Crippen molar-refractivity contribution in [3.63, 3.8) is 0 Å². The Labute approximate surface area is 170 Å². The molecule has 0 atom stereocenters. The Morgan fingerprint density at radius 1 is 1.14 bits per heavy atom. The van der Waals surface area contributed by atoms with Gasteiger partial charge in [0.15, 0.2) is 0 Å². The van der Waals surface area contributed by atoms with Crippen LogP contribution in [0.2, 0.25) is 0 Å². The first-order valence-electron chi connectivity index (χ1n) is 9.39. The second-order valence-electron chi connectivity index (χ2n) is 6.80. The number of carbonyl (C=O) groups is 1. The molecule has 8 nitrogen and oxygen atoms in total. The largest absolute Gasteiger partial charge is 0.481 e. The number of amides is 2. The highest BCUT2D eigenvalue weighted by Gasteiger charge is 2.11. The van der Waals surface area contributed by atoms with Crippen molar-refractivity contribution >= 4 is 34.1 Å². The molecular weight excluding hydrogens is 368 g/mol. The van der Waals surface area contributed by atoms with Crippen molar-refractivity contribution in [1.29, 1.82) is 0 Å². The fraction of sp³-hybridized carbons (Fsp3) is 0.286. The maximum atomic E-state index is 11.9. The van der Waals surface area contributed by atoms with E-state index in [1.165, 1.54) is 0 Å². The first kappa shape index (κ1) is 20.3. The lowest BCUT2D eigenvalue weighted by molar-refractivity contribution is 0.252.